The predicted molar refractivity (Wildman–Crippen MR) is 75.5 cm³/mol. The van der Waals surface area contributed by atoms with Crippen LogP contribution in [0.4, 0.5) is 0 Å². The maximum atomic E-state index is 3.65. The molecule has 0 bridgehead atoms. The van der Waals surface area contributed by atoms with Crippen LogP contribution in [0.15, 0.2) is 0 Å². The zero-order valence-corrected chi connectivity index (χ0v) is 12.6. The summed E-state index contributed by atoms with van der Waals surface area (Å²) < 4.78 is 0. The molecule has 1 aliphatic heterocycles. The van der Waals surface area contributed by atoms with Gasteiger partial charge in [-0.05, 0) is 74.3 Å². The molecule has 1 heterocycles. The van der Waals surface area contributed by atoms with Crippen molar-refractivity contribution in [3.05, 3.63) is 0 Å². The van der Waals surface area contributed by atoms with Gasteiger partial charge in [-0.2, -0.15) is 0 Å². The summed E-state index contributed by atoms with van der Waals surface area (Å²) in [6.07, 6.45) is 2.49. The fourth-order valence-electron chi connectivity index (χ4n) is 2.57. The van der Waals surface area contributed by atoms with E-state index in [2.05, 4.69) is 56.9 Å². The smallest absolute Gasteiger partial charge is 0.0252 e. The van der Waals surface area contributed by atoms with Crippen molar-refractivity contribution in [3.8, 4) is 0 Å². The first-order valence-corrected chi connectivity index (χ1v) is 6.88. The molecule has 1 rings (SSSR count). The Labute approximate surface area is 108 Å². The lowest BCUT2D eigenvalue weighted by atomic mass is 9.97. The van der Waals surface area contributed by atoms with Crippen molar-refractivity contribution in [2.75, 3.05) is 40.3 Å². The van der Waals surface area contributed by atoms with Gasteiger partial charge in [0.25, 0.3) is 0 Å². The second-order valence-corrected chi connectivity index (χ2v) is 6.95. The SMILES string of the molecule is CN(C)CCCN1CC(C)(C)NCCC1(C)C. The standard InChI is InChI=1S/C14H31N3/c1-13(2)12-17(11-7-10-16(5)6)14(3,4)8-9-15-13/h15H,7-12H2,1-6H3. The number of hydrogen-bond donors (Lipinski definition) is 1. The van der Waals surface area contributed by atoms with Crippen LogP contribution in [-0.2, 0) is 0 Å². The van der Waals surface area contributed by atoms with Gasteiger partial charge in [0.15, 0.2) is 0 Å². The van der Waals surface area contributed by atoms with Gasteiger partial charge in [-0.3, -0.25) is 4.90 Å². The monoisotopic (exact) mass is 241 g/mol. The van der Waals surface area contributed by atoms with Crippen LogP contribution in [0.1, 0.15) is 40.5 Å². The molecule has 3 nitrogen and oxygen atoms in total. The van der Waals surface area contributed by atoms with E-state index in [-0.39, 0.29) is 5.54 Å². The molecule has 0 aromatic carbocycles. The molecule has 0 saturated carbocycles. The summed E-state index contributed by atoms with van der Waals surface area (Å²) in [5.74, 6) is 0. The summed E-state index contributed by atoms with van der Waals surface area (Å²) in [7, 11) is 4.30. The highest BCUT2D eigenvalue weighted by molar-refractivity contribution is 4.93. The average Bonchev–Trinajstić information content (AvgIpc) is 2.23. The minimum atomic E-state index is 0.242. The quantitative estimate of drug-likeness (QED) is 0.809. The van der Waals surface area contributed by atoms with E-state index in [4.69, 9.17) is 0 Å². The predicted octanol–water partition coefficient (Wildman–Crippen LogP) is 1.79. The van der Waals surface area contributed by atoms with Crippen molar-refractivity contribution in [2.45, 2.75) is 51.6 Å². The van der Waals surface area contributed by atoms with Gasteiger partial charge in [0, 0.05) is 17.6 Å². The van der Waals surface area contributed by atoms with Crippen molar-refractivity contribution < 1.29 is 0 Å². The molecule has 1 saturated heterocycles. The highest BCUT2D eigenvalue weighted by atomic mass is 15.2. The number of rotatable bonds is 4. The van der Waals surface area contributed by atoms with Crippen LogP contribution in [0.5, 0.6) is 0 Å². The number of nitrogens with one attached hydrogen (secondary N) is 1. The minimum Gasteiger partial charge on any atom is -0.310 e. The van der Waals surface area contributed by atoms with Crippen LogP contribution in [-0.4, -0.2) is 61.2 Å². The van der Waals surface area contributed by atoms with E-state index in [1.807, 2.05) is 0 Å². The minimum absolute atomic E-state index is 0.242. The van der Waals surface area contributed by atoms with Crippen molar-refractivity contribution in [1.82, 2.24) is 15.1 Å². The lowest BCUT2D eigenvalue weighted by molar-refractivity contribution is 0.102. The van der Waals surface area contributed by atoms with Crippen LogP contribution in [0.25, 0.3) is 0 Å². The Morgan fingerprint density at radius 1 is 1.18 bits per heavy atom. The fraction of sp³-hybridized carbons (Fsp3) is 1.00. The van der Waals surface area contributed by atoms with E-state index in [1.54, 1.807) is 0 Å². The molecule has 0 unspecified atom stereocenters. The summed E-state index contributed by atoms with van der Waals surface area (Å²) >= 11 is 0. The Kier molecular flexibility index (Phi) is 4.99. The van der Waals surface area contributed by atoms with Crippen LogP contribution in [0.3, 0.4) is 0 Å². The zero-order chi connectivity index (χ0) is 13.1. The molecular weight excluding hydrogens is 210 g/mol. The highest BCUT2D eigenvalue weighted by Gasteiger charge is 2.34. The third kappa shape index (κ3) is 4.94. The summed E-state index contributed by atoms with van der Waals surface area (Å²) in [5, 5.41) is 3.65. The Bertz CT molecular complexity index is 234. The van der Waals surface area contributed by atoms with Gasteiger partial charge in [0.1, 0.15) is 0 Å². The molecule has 17 heavy (non-hydrogen) atoms. The molecule has 0 atom stereocenters. The molecule has 0 spiro atoms. The van der Waals surface area contributed by atoms with Gasteiger partial charge in [-0.25, -0.2) is 0 Å². The molecule has 1 N–H and O–H groups in total. The Hall–Kier alpha value is -0.120. The molecule has 102 valence electrons. The van der Waals surface area contributed by atoms with E-state index >= 15 is 0 Å². The lowest BCUT2D eigenvalue weighted by Crippen LogP contribution is -2.51. The van der Waals surface area contributed by atoms with Crippen molar-refractivity contribution in [3.63, 3.8) is 0 Å². The van der Waals surface area contributed by atoms with Crippen LogP contribution < -0.4 is 5.32 Å². The Morgan fingerprint density at radius 2 is 1.82 bits per heavy atom. The molecule has 3 heteroatoms. The van der Waals surface area contributed by atoms with Crippen molar-refractivity contribution in [2.24, 2.45) is 0 Å². The van der Waals surface area contributed by atoms with Gasteiger partial charge in [0.2, 0.25) is 0 Å². The molecule has 1 fully saturated rings. The second-order valence-electron chi connectivity index (χ2n) is 6.95. The van der Waals surface area contributed by atoms with Crippen LogP contribution in [0, 0.1) is 0 Å². The first-order chi connectivity index (χ1) is 7.73. The zero-order valence-electron chi connectivity index (χ0n) is 12.6. The first kappa shape index (κ1) is 14.9. The normalized spacial score (nSPS) is 24.9. The van der Waals surface area contributed by atoms with Gasteiger partial charge < -0.3 is 10.2 Å². The van der Waals surface area contributed by atoms with E-state index < -0.39 is 0 Å². The molecule has 0 amide bonds. The van der Waals surface area contributed by atoms with Gasteiger partial charge >= 0.3 is 0 Å². The third-order valence-corrected chi connectivity index (χ3v) is 3.82. The number of hydrogen-bond acceptors (Lipinski definition) is 3. The maximum Gasteiger partial charge on any atom is 0.0252 e. The third-order valence-electron chi connectivity index (χ3n) is 3.82. The Morgan fingerprint density at radius 3 is 2.41 bits per heavy atom. The molecular formula is C14H31N3. The molecule has 0 aromatic heterocycles. The van der Waals surface area contributed by atoms with Gasteiger partial charge in [0.05, 0.1) is 0 Å². The highest BCUT2D eigenvalue weighted by Crippen LogP contribution is 2.24. The molecule has 1 aliphatic rings. The molecule has 0 aromatic rings. The van der Waals surface area contributed by atoms with Crippen LogP contribution >= 0.6 is 0 Å². The first-order valence-electron chi connectivity index (χ1n) is 6.88. The average molecular weight is 241 g/mol. The molecule has 0 aliphatic carbocycles. The molecule has 0 radical (unpaired) electrons. The summed E-state index contributed by atoms with van der Waals surface area (Å²) in [6.45, 7) is 14.0. The van der Waals surface area contributed by atoms with E-state index in [0.29, 0.717) is 5.54 Å². The number of nitrogens with zero attached hydrogens (tertiary/aromatic N) is 2. The maximum absolute atomic E-state index is 3.65. The topological polar surface area (TPSA) is 18.5 Å². The van der Waals surface area contributed by atoms with E-state index in [1.165, 1.54) is 25.9 Å². The van der Waals surface area contributed by atoms with Gasteiger partial charge in [-0.15, -0.1) is 0 Å². The van der Waals surface area contributed by atoms with E-state index in [9.17, 15) is 0 Å². The fourth-order valence-corrected chi connectivity index (χ4v) is 2.57. The Balaban J connectivity index is 2.57. The van der Waals surface area contributed by atoms with Gasteiger partial charge in [-0.1, -0.05) is 0 Å². The summed E-state index contributed by atoms with van der Waals surface area (Å²) in [6, 6.07) is 0. The van der Waals surface area contributed by atoms with Crippen LogP contribution in [0.2, 0.25) is 0 Å². The summed E-state index contributed by atoms with van der Waals surface area (Å²) in [5.41, 5.74) is 0.568. The second kappa shape index (κ2) is 5.68. The lowest BCUT2D eigenvalue weighted by Gasteiger charge is -2.39. The van der Waals surface area contributed by atoms with Crippen molar-refractivity contribution in [1.29, 1.82) is 0 Å². The van der Waals surface area contributed by atoms with Crippen molar-refractivity contribution >= 4 is 0 Å². The largest absolute Gasteiger partial charge is 0.310 e. The summed E-state index contributed by atoms with van der Waals surface area (Å²) in [4.78, 5) is 4.94. The van der Waals surface area contributed by atoms with E-state index in [0.717, 1.165) is 13.1 Å².